The third-order valence-electron chi connectivity index (χ3n) is 4.80. The van der Waals surface area contributed by atoms with Crippen LogP contribution >= 0.6 is 24.0 Å². The number of alkyl halides is 6. The first kappa shape index (κ1) is 25.2. The minimum absolute atomic E-state index is 0.0671. The molecule has 0 bridgehead atoms. The van der Waals surface area contributed by atoms with Crippen molar-refractivity contribution >= 4 is 33.9 Å². The van der Waals surface area contributed by atoms with Gasteiger partial charge in [0.05, 0.1) is 18.2 Å². The molecule has 1 fully saturated rings. The highest BCUT2D eigenvalue weighted by Crippen LogP contribution is 2.39. The molecule has 2 aromatic carbocycles. The Labute approximate surface area is 194 Å². The fraction of sp³-hybridized carbons (Fsp3) is 0.286. The first-order valence-corrected chi connectivity index (χ1v) is 10.5. The van der Waals surface area contributed by atoms with Gasteiger partial charge in [-0.3, -0.25) is 0 Å². The van der Waals surface area contributed by atoms with Gasteiger partial charge < -0.3 is 19.9 Å². The largest absolute Gasteiger partial charge is 0.493 e. The lowest BCUT2D eigenvalue weighted by atomic mass is 10.0. The van der Waals surface area contributed by atoms with Crippen LogP contribution in [0.1, 0.15) is 29.2 Å². The minimum Gasteiger partial charge on any atom is -0.493 e. The van der Waals surface area contributed by atoms with Crippen LogP contribution in [0.3, 0.4) is 0 Å². The molecule has 1 aliphatic heterocycles. The van der Waals surface area contributed by atoms with E-state index >= 15 is 0 Å². The second-order valence-electron chi connectivity index (χ2n) is 6.95. The topological polar surface area (TPSA) is 50.7 Å². The highest BCUT2D eigenvalue weighted by molar-refractivity contribution is 8.26. The van der Waals surface area contributed by atoms with Crippen LogP contribution in [0.15, 0.2) is 41.3 Å². The average molecular weight is 509 g/mol. The quantitative estimate of drug-likeness (QED) is 0.382. The van der Waals surface area contributed by atoms with E-state index in [-0.39, 0.29) is 17.6 Å². The molecule has 0 saturated carbocycles. The van der Waals surface area contributed by atoms with E-state index in [0.717, 1.165) is 6.07 Å². The molecule has 0 radical (unpaired) electrons. The van der Waals surface area contributed by atoms with Crippen LogP contribution < -0.4 is 14.8 Å². The molecule has 0 amide bonds. The number of thiocarbonyl (C=S) groups is 1. The molecule has 4 nitrogen and oxygen atoms in total. The third kappa shape index (κ3) is 5.74. The zero-order valence-electron chi connectivity index (χ0n) is 17.1. The van der Waals surface area contributed by atoms with E-state index in [9.17, 15) is 31.4 Å². The molecule has 2 aromatic rings. The summed E-state index contributed by atoms with van der Waals surface area (Å²) in [6.45, 7) is 1.13. The molecule has 33 heavy (non-hydrogen) atoms. The second kappa shape index (κ2) is 9.43. The molecule has 2 N–H and O–H groups in total. The first-order chi connectivity index (χ1) is 15.3. The molecule has 0 aliphatic carbocycles. The molecule has 1 saturated heterocycles. The molecule has 12 heteroatoms. The van der Waals surface area contributed by atoms with Crippen molar-refractivity contribution < 1.29 is 40.9 Å². The van der Waals surface area contributed by atoms with Crippen molar-refractivity contribution in [2.75, 3.05) is 7.11 Å². The van der Waals surface area contributed by atoms with Crippen molar-refractivity contribution in [2.24, 2.45) is 0 Å². The van der Waals surface area contributed by atoms with Crippen LogP contribution in [0.5, 0.6) is 11.5 Å². The van der Waals surface area contributed by atoms with Gasteiger partial charge in [0.25, 0.3) is 0 Å². The maximum absolute atomic E-state index is 13.3. The van der Waals surface area contributed by atoms with E-state index in [4.69, 9.17) is 21.7 Å². The van der Waals surface area contributed by atoms with Gasteiger partial charge in [-0.05, 0) is 42.3 Å². The Hall–Kier alpha value is -2.44. The van der Waals surface area contributed by atoms with Gasteiger partial charge >= 0.3 is 12.4 Å². The van der Waals surface area contributed by atoms with Gasteiger partial charge in [0.1, 0.15) is 10.9 Å². The van der Waals surface area contributed by atoms with Crippen LogP contribution in [0.2, 0.25) is 0 Å². The predicted molar refractivity (Wildman–Crippen MR) is 116 cm³/mol. The third-order valence-corrected chi connectivity index (χ3v) is 6.22. The summed E-state index contributed by atoms with van der Waals surface area (Å²) in [5.41, 5.74) is -1.93. The zero-order chi connectivity index (χ0) is 24.6. The molecular weight excluding hydrogens is 492 g/mol. The summed E-state index contributed by atoms with van der Waals surface area (Å²) in [4.78, 5) is 0.593. The van der Waals surface area contributed by atoms with Crippen molar-refractivity contribution in [1.82, 2.24) is 5.32 Å². The van der Waals surface area contributed by atoms with Crippen molar-refractivity contribution in [2.45, 2.75) is 32.1 Å². The van der Waals surface area contributed by atoms with Gasteiger partial charge in [0.2, 0.25) is 0 Å². The van der Waals surface area contributed by atoms with Gasteiger partial charge in [-0.15, -0.1) is 0 Å². The Morgan fingerprint density at radius 1 is 1.06 bits per heavy atom. The maximum Gasteiger partial charge on any atom is 0.416 e. The fourth-order valence-electron chi connectivity index (χ4n) is 3.10. The van der Waals surface area contributed by atoms with Crippen molar-refractivity contribution in [1.29, 1.82) is 0 Å². The van der Waals surface area contributed by atoms with Gasteiger partial charge in [0.15, 0.2) is 17.7 Å². The number of benzene rings is 2. The maximum atomic E-state index is 13.3. The van der Waals surface area contributed by atoms with Gasteiger partial charge in [-0.25, -0.2) is 0 Å². The van der Waals surface area contributed by atoms with Crippen molar-refractivity contribution in [3.8, 4) is 11.5 Å². The SMILES string of the molecule is COc1cc(C(C)=C2SC(=S)NC2O)ccc1OCc1ccc(C(F)(F)F)cc1C(F)(F)F. The number of ether oxygens (including phenoxy) is 2. The molecule has 0 spiro atoms. The summed E-state index contributed by atoms with van der Waals surface area (Å²) in [7, 11) is 1.34. The van der Waals surface area contributed by atoms with E-state index < -0.39 is 41.9 Å². The number of methoxy groups -OCH3 is 1. The molecule has 1 heterocycles. The summed E-state index contributed by atoms with van der Waals surface area (Å²) in [5.74, 6) is 0.293. The van der Waals surface area contributed by atoms with Crippen molar-refractivity contribution in [3.63, 3.8) is 0 Å². The molecule has 1 atom stereocenters. The molecule has 178 valence electrons. The second-order valence-corrected chi connectivity index (χ2v) is 8.67. The van der Waals surface area contributed by atoms with E-state index in [1.165, 1.54) is 24.9 Å². The number of hydrogen-bond acceptors (Lipinski definition) is 5. The summed E-state index contributed by atoms with van der Waals surface area (Å²) in [5, 5.41) is 12.7. The fourth-order valence-corrected chi connectivity index (χ4v) is 4.30. The number of halogens is 6. The Morgan fingerprint density at radius 3 is 2.30 bits per heavy atom. The average Bonchev–Trinajstić information content (AvgIpc) is 3.07. The Bertz CT molecular complexity index is 1100. The summed E-state index contributed by atoms with van der Waals surface area (Å²) >= 11 is 6.23. The molecule has 1 unspecified atom stereocenters. The summed E-state index contributed by atoms with van der Waals surface area (Å²) in [6.07, 6.45) is -10.9. The van der Waals surface area contributed by atoms with E-state index in [0.29, 0.717) is 26.4 Å². The van der Waals surface area contributed by atoms with E-state index in [2.05, 4.69) is 5.32 Å². The van der Waals surface area contributed by atoms with E-state index in [1.54, 1.807) is 19.1 Å². The number of nitrogens with one attached hydrogen (secondary N) is 1. The molecule has 1 aliphatic rings. The standard InChI is InChI=1S/C21H17F6NO3S2/c1-10(17-18(29)28-19(32)33-17)11-4-6-15(16(7-11)30-2)31-9-12-3-5-13(20(22,23)24)8-14(12)21(25,26)27/h3-8,18,29H,9H2,1-2H3,(H,28,32). The highest BCUT2D eigenvalue weighted by Gasteiger charge is 2.38. The van der Waals surface area contributed by atoms with Crippen molar-refractivity contribution in [3.05, 3.63) is 63.6 Å². The van der Waals surface area contributed by atoms with Crippen LogP contribution in [0, 0.1) is 0 Å². The van der Waals surface area contributed by atoms with Crippen LogP contribution in [0.4, 0.5) is 26.3 Å². The number of rotatable bonds is 5. The number of allylic oxidation sites excluding steroid dienone is 1. The summed E-state index contributed by atoms with van der Waals surface area (Å²) < 4.78 is 89.7. The Balaban J connectivity index is 1.88. The Kier molecular flexibility index (Phi) is 7.20. The first-order valence-electron chi connectivity index (χ1n) is 9.27. The normalized spacial score (nSPS) is 18.2. The van der Waals surface area contributed by atoms with Crippen LogP contribution in [-0.4, -0.2) is 22.8 Å². The molecule has 0 aromatic heterocycles. The zero-order valence-corrected chi connectivity index (χ0v) is 18.7. The molecule has 3 rings (SSSR count). The Morgan fingerprint density at radius 2 is 1.76 bits per heavy atom. The lowest BCUT2D eigenvalue weighted by Gasteiger charge is -2.18. The lowest BCUT2D eigenvalue weighted by Crippen LogP contribution is -2.24. The minimum atomic E-state index is -4.99. The van der Waals surface area contributed by atoms with Gasteiger partial charge in [-0.1, -0.05) is 36.1 Å². The monoisotopic (exact) mass is 509 g/mol. The summed E-state index contributed by atoms with van der Waals surface area (Å²) in [6, 6.07) is 6.05. The number of thioether (sulfide) groups is 1. The van der Waals surface area contributed by atoms with Gasteiger partial charge in [0, 0.05) is 10.5 Å². The van der Waals surface area contributed by atoms with E-state index in [1.807, 2.05) is 0 Å². The number of aliphatic hydroxyl groups excluding tert-OH is 1. The lowest BCUT2D eigenvalue weighted by molar-refractivity contribution is -0.143. The van der Waals surface area contributed by atoms with Crippen LogP contribution in [-0.2, 0) is 19.0 Å². The smallest absolute Gasteiger partial charge is 0.416 e. The van der Waals surface area contributed by atoms with Gasteiger partial charge in [-0.2, -0.15) is 26.3 Å². The highest BCUT2D eigenvalue weighted by atomic mass is 32.2. The number of aliphatic hydroxyl groups is 1. The predicted octanol–water partition coefficient (Wildman–Crippen LogP) is 5.98. The van der Waals surface area contributed by atoms with Crippen LogP contribution in [0.25, 0.3) is 5.57 Å². The number of hydrogen-bond donors (Lipinski definition) is 2. The molecular formula is C21H17F6NO3S2.